The Morgan fingerprint density at radius 3 is 2.50 bits per heavy atom. The van der Waals surface area contributed by atoms with Crippen LogP contribution < -0.4 is 0 Å². The van der Waals surface area contributed by atoms with Crippen LogP contribution in [-0.2, 0) is 16.0 Å². The smallest absolute Gasteiger partial charge is 0.339 e. The SMILES string of the molecule is COC(=O)c1ccc2nc(-c3ccc(C)cc3)c(CC(=O)O)n2c1. The average molecular weight is 324 g/mol. The Morgan fingerprint density at radius 2 is 1.88 bits per heavy atom. The lowest BCUT2D eigenvalue weighted by Gasteiger charge is -2.05. The van der Waals surface area contributed by atoms with E-state index in [9.17, 15) is 14.7 Å². The summed E-state index contributed by atoms with van der Waals surface area (Å²) < 4.78 is 6.36. The monoisotopic (exact) mass is 324 g/mol. The zero-order chi connectivity index (χ0) is 17.3. The van der Waals surface area contributed by atoms with Crippen molar-refractivity contribution >= 4 is 17.6 Å². The van der Waals surface area contributed by atoms with Crippen LogP contribution >= 0.6 is 0 Å². The number of imidazole rings is 1. The lowest BCUT2D eigenvalue weighted by Crippen LogP contribution is -2.07. The third-order valence-corrected chi connectivity index (χ3v) is 3.78. The van der Waals surface area contributed by atoms with E-state index < -0.39 is 11.9 Å². The number of rotatable bonds is 4. The van der Waals surface area contributed by atoms with E-state index in [0.717, 1.165) is 11.1 Å². The maximum Gasteiger partial charge on any atom is 0.339 e. The summed E-state index contributed by atoms with van der Waals surface area (Å²) in [7, 11) is 1.30. The number of nitrogens with zero attached hydrogens (tertiary/aromatic N) is 2. The summed E-state index contributed by atoms with van der Waals surface area (Å²) in [5, 5.41) is 9.25. The summed E-state index contributed by atoms with van der Waals surface area (Å²) in [5.74, 6) is -1.45. The van der Waals surface area contributed by atoms with Crippen molar-refractivity contribution in [2.45, 2.75) is 13.3 Å². The Hall–Kier alpha value is -3.15. The molecule has 0 radical (unpaired) electrons. The fraction of sp³-hybridized carbons (Fsp3) is 0.167. The first-order chi connectivity index (χ1) is 11.5. The van der Waals surface area contributed by atoms with E-state index in [1.165, 1.54) is 7.11 Å². The van der Waals surface area contributed by atoms with Gasteiger partial charge in [0.25, 0.3) is 0 Å². The normalized spacial score (nSPS) is 10.8. The number of pyridine rings is 1. The van der Waals surface area contributed by atoms with Gasteiger partial charge in [-0.15, -0.1) is 0 Å². The standard InChI is InChI=1S/C18H16N2O4/c1-11-3-5-12(6-4-11)17-14(9-16(21)22)20-10-13(18(23)24-2)7-8-15(20)19-17/h3-8,10H,9H2,1-2H3,(H,21,22). The van der Waals surface area contributed by atoms with Crippen molar-refractivity contribution in [3.05, 3.63) is 59.4 Å². The fourth-order valence-corrected chi connectivity index (χ4v) is 2.59. The lowest BCUT2D eigenvalue weighted by molar-refractivity contribution is -0.136. The highest BCUT2D eigenvalue weighted by atomic mass is 16.5. The third kappa shape index (κ3) is 2.86. The van der Waals surface area contributed by atoms with Crippen LogP contribution in [0.3, 0.4) is 0 Å². The van der Waals surface area contributed by atoms with E-state index in [2.05, 4.69) is 4.98 Å². The van der Waals surface area contributed by atoms with Gasteiger partial charge in [0.05, 0.1) is 30.5 Å². The number of hydrogen-bond donors (Lipinski definition) is 1. The van der Waals surface area contributed by atoms with Crippen molar-refractivity contribution in [3.63, 3.8) is 0 Å². The van der Waals surface area contributed by atoms with Gasteiger partial charge in [-0.25, -0.2) is 9.78 Å². The van der Waals surface area contributed by atoms with E-state index in [-0.39, 0.29) is 6.42 Å². The number of ether oxygens (including phenoxy) is 1. The van der Waals surface area contributed by atoms with Gasteiger partial charge in [0.2, 0.25) is 0 Å². The molecule has 0 aliphatic rings. The molecule has 0 fully saturated rings. The number of esters is 1. The van der Waals surface area contributed by atoms with E-state index in [1.54, 1.807) is 22.7 Å². The highest BCUT2D eigenvalue weighted by Crippen LogP contribution is 2.26. The Bertz CT molecular complexity index is 926. The van der Waals surface area contributed by atoms with Crippen molar-refractivity contribution in [1.82, 2.24) is 9.38 Å². The molecule has 0 saturated carbocycles. The minimum absolute atomic E-state index is 0.199. The first kappa shape index (κ1) is 15.7. The van der Waals surface area contributed by atoms with Crippen molar-refractivity contribution in [1.29, 1.82) is 0 Å². The second kappa shape index (κ2) is 6.16. The summed E-state index contributed by atoms with van der Waals surface area (Å²) in [4.78, 5) is 27.6. The molecule has 3 aromatic rings. The molecule has 3 rings (SSSR count). The van der Waals surface area contributed by atoms with Gasteiger partial charge in [-0.3, -0.25) is 4.79 Å². The van der Waals surface area contributed by atoms with Crippen molar-refractivity contribution < 1.29 is 19.4 Å². The fourth-order valence-electron chi connectivity index (χ4n) is 2.59. The third-order valence-electron chi connectivity index (χ3n) is 3.78. The molecule has 0 atom stereocenters. The number of aliphatic carboxylic acids is 1. The molecule has 0 spiro atoms. The van der Waals surface area contributed by atoms with Crippen LogP contribution in [0.5, 0.6) is 0 Å². The second-order valence-corrected chi connectivity index (χ2v) is 5.48. The number of methoxy groups -OCH3 is 1. The number of carbonyl (C=O) groups is 2. The van der Waals surface area contributed by atoms with E-state index in [0.29, 0.717) is 22.6 Å². The van der Waals surface area contributed by atoms with E-state index in [4.69, 9.17) is 4.74 Å². The Balaban J connectivity index is 2.22. The molecule has 2 heterocycles. The number of carboxylic acid groups (broad SMARTS) is 1. The van der Waals surface area contributed by atoms with Crippen molar-refractivity contribution in [2.75, 3.05) is 7.11 Å². The number of benzene rings is 1. The lowest BCUT2D eigenvalue weighted by atomic mass is 10.1. The van der Waals surface area contributed by atoms with E-state index >= 15 is 0 Å². The maximum atomic E-state index is 11.7. The van der Waals surface area contributed by atoms with Crippen molar-refractivity contribution in [3.8, 4) is 11.3 Å². The first-order valence-electron chi connectivity index (χ1n) is 7.37. The molecule has 122 valence electrons. The quantitative estimate of drug-likeness (QED) is 0.746. The van der Waals surface area contributed by atoms with Crippen LogP contribution in [0.2, 0.25) is 0 Å². The molecule has 6 nitrogen and oxygen atoms in total. The summed E-state index contributed by atoms with van der Waals surface area (Å²) in [6, 6.07) is 11.0. The van der Waals surface area contributed by atoms with Gasteiger partial charge >= 0.3 is 11.9 Å². The van der Waals surface area contributed by atoms with Crippen LogP contribution in [0, 0.1) is 6.92 Å². The Morgan fingerprint density at radius 1 is 1.17 bits per heavy atom. The van der Waals surface area contributed by atoms with Gasteiger partial charge in [0.1, 0.15) is 5.65 Å². The summed E-state index contributed by atoms with van der Waals surface area (Å²) in [6.07, 6.45) is 1.36. The summed E-state index contributed by atoms with van der Waals surface area (Å²) >= 11 is 0. The first-order valence-corrected chi connectivity index (χ1v) is 7.37. The molecule has 24 heavy (non-hydrogen) atoms. The van der Waals surface area contributed by atoms with Crippen LogP contribution in [0.4, 0.5) is 0 Å². The molecule has 2 aromatic heterocycles. The Kier molecular flexibility index (Phi) is 4.04. The van der Waals surface area contributed by atoms with Crippen LogP contribution in [0.25, 0.3) is 16.9 Å². The molecular formula is C18H16N2O4. The van der Waals surface area contributed by atoms with Gasteiger partial charge in [-0.1, -0.05) is 29.8 Å². The summed E-state index contributed by atoms with van der Waals surface area (Å²) in [5.41, 5.74) is 3.97. The van der Waals surface area contributed by atoms with Crippen LogP contribution in [-0.4, -0.2) is 33.5 Å². The number of hydrogen-bond acceptors (Lipinski definition) is 4. The second-order valence-electron chi connectivity index (χ2n) is 5.48. The van der Waals surface area contributed by atoms with Crippen molar-refractivity contribution in [2.24, 2.45) is 0 Å². The predicted octanol–water partition coefficient (Wildman–Crippen LogP) is 2.72. The van der Waals surface area contributed by atoms with Crippen LogP contribution in [0.15, 0.2) is 42.6 Å². The molecule has 0 unspecified atom stereocenters. The zero-order valence-electron chi connectivity index (χ0n) is 13.3. The number of fused-ring (bicyclic) bond motifs is 1. The molecule has 1 aromatic carbocycles. The van der Waals surface area contributed by atoms with Gasteiger partial charge < -0.3 is 14.2 Å². The topological polar surface area (TPSA) is 80.9 Å². The summed E-state index contributed by atoms with van der Waals surface area (Å²) in [6.45, 7) is 1.98. The maximum absolute atomic E-state index is 11.7. The average Bonchev–Trinajstić information content (AvgIpc) is 2.92. The minimum Gasteiger partial charge on any atom is -0.481 e. The molecule has 0 saturated heterocycles. The molecule has 0 bridgehead atoms. The molecule has 0 amide bonds. The predicted molar refractivity (Wildman–Crippen MR) is 88.0 cm³/mol. The Labute approximate surface area is 138 Å². The minimum atomic E-state index is -0.964. The molecule has 6 heteroatoms. The van der Waals surface area contributed by atoms with Gasteiger partial charge in [0.15, 0.2) is 0 Å². The molecular weight excluding hydrogens is 308 g/mol. The molecule has 1 N–H and O–H groups in total. The largest absolute Gasteiger partial charge is 0.481 e. The van der Waals surface area contributed by atoms with Gasteiger partial charge in [0, 0.05) is 11.8 Å². The van der Waals surface area contributed by atoms with Gasteiger partial charge in [-0.2, -0.15) is 0 Å². The van der Waals surface area contributed by atoms with Gasteiger partial charge in [-0.05, 0) is 19.1 Å². The highest BCUT2D eigenvalue weighted by Gasteiger charge is 2.18. The van der Waals surface area contributed by atoms with E-state index in [1.807, 2.05) is 31.2 Å². The number of aromatic nitrogens is 2. The number of aryl methyl sites for hydroxylation is 1. The molecule has 0 aliphatic heterocycles. The highest BCUT2D eigenvalue weighted by molar-refractivity contribution is 5.89. The van der Waals surface area contributed by atoms with Crippen LogP contribution in [0.1, 0.15) is 21.6 Å². The number of carboxylic acids is 1. The zero-order valence-corrected chi connectivity index (χ0v) is 13.3. The number of carbonyl (C=O) groups excluding carboxylic acids is 1. The molecule has 0 aliphatic carbocycles.